The maximum atomic E-state index is 12.1. The minimum atomic E-state index is -0.0641. The Balaban J connectivity index is 0.000000122. The molecule has 0 spiro atoms. The molecule has 220 valence electrons. The van der Waals surface area contributed by atoms with E-state index in [0.29, 0.717) is 50.2 Å². The first-order chi connectivity index (χ1) is 22.5. The molecule has 0 radical (unpaired) electrons. The molecule has 8 rings (SSSR count). The fourth-order valence-electron chi connectivity index (χ4n) is 5.47. The molecule has 5 heteroatoms. The zero-order valence-corrected chi connectivity index (χ0v) is 24.6. The highest BCUT2D eigenvalue weighted by molar-refractivity contribution is 6.29. The van der Waals surface area contributed by atoms with Gasteiger partial charge in [-0.3, -0.25) is 24.6 Å². The smallest absolute Gasteiger partial charge is 0.194 e. The van der Waals surface area contributed by atoms with Crippen LogP contribution in [0.2, 0.25) is 0 Å². The van der Waals surface area contributed by atoms with E-state index in [1.165, 1.54) is 0 Å². The van der Waals surface area contributed by atoms with Gasteiger partial charge in [-0.1, -0.05) is 158 Å². The molecule has 0 unspecified atom stereocenters. The van der Waals surface area contributed by atoms with Crippen LogP contribution in [0.3, 0.4) is 0 Å². The van der Waals surface area contributed by atoms with E-state index in [4.69, 9.17) is 5.41 Å². The molecule has 0 saturated heterocycles. The summed E-state index contributed by atoms with van der Waals surface area (Å²) in [6, 6.07) is 47.3. The molecule has 0 fully saturated rings. The number of nitrogens with one attached hydrogen (secondary N) is 1. The highest BCUT2D eigenvalue weighted by Gasteiger charge is 2.29. The minimum absolute atomic E-state index is 0.0641. The molecule has 0 amide bonds. The van der Waals surface area contributed by atoms with Gasteiger partial charge in [-0.15, -0.1) is 0 Å². The third kappa shape index (κ3) is 5.77. The van der Waals surface area contributed by atoms with Gasteiger partial charge in [0, 0.05) is 44.5 Å². The van der Waals surface area contributed by atoms with Crippen molar-refractivity contribution >= 4 is 28.8 Å². The van der Waals surface area contributed by atoms with Crippen molar-refractivity contribution in [3.05, 3.63) is 213 Å². The lowest BCUT2D eigenvalue weighted by Crippen LogP contribution is -2.20. The second-order valence-corrected chi connectivity index (χ2v) is 10.6. The molecule has 0 bridgehead atoms. The van der Waals surface area contributed by atoms with E-state index in [0.717, 1.165) is 11.1 Å². The van der Waals surface area contributed by atoms with Crippen molar-refractivity contribution in [3.8, 4) is 0 Å². The Morgan fingerprint density at radius 2 is 0.457 bits per heavy atom. The molecule has 2 aliphatic rings. The lowest BCUT2D eigenvalue weighted by atomic mass is 9.84. The first-order valence-corrected chi connectivity index (χ1v) is 14.7. The number of fused-ring (bicyclic) bond motifs is 4. The normalized spacial score (nSPS) is 12.2. The van der Waals surface area contributed by atoms with Gasteiger partial charge < -0.3 is 0 Å². The van der Waals surface area contributed by atoms with E-state index in [1.807, 2.05) is 60.7 Å². The van der Waals surface area contributed by atoms with Crippen molar-refractivity contribution in [2.75, 3.05) is 0 Å². The van der Waals surface area contributed by atoms with Crippen LogP contribution < -0.4 is 0 Å². The largest absolute Gasteiger partial charge is 0.300 e. The zero-order chi connectivity index (χ0) is 32.0. The average Bonchev–Trinajstić information content (AvgIpc) is 3.14. The van der Waals surface area contributed by atoms with Gasteiger partial charge in [0.2, 0.25) is 0 Å². The van der Waals surface area contributed by atoms with E-state index in [1.54, 1.807) is 97.1 Å². The Labute approximate surface area is 266 Å². The topological polar surface area (TPSA) is 92.1 Å². The minimum Gasteiger partial charge on any atom is -0.300 e. The Morgan fingerprint density at radius 1 is 0.283 bits per heavy atom. The number of hydrogen-bond donors (Lipinski definition) is 1. The van der Waals surface area contributed by atoms with E-state index in [-0.39, 0.29) is 23.1 Å². The predicted molar refractivity (Wildman–Crippen MR) is 178 cm³/mol. The second-order valence-electron chi connectivity index (χ2n) is 10.6. The van der Waals surface area contributed by atoms with Crippen molar-refractivity contribution in [1.29, 1.82) is 5.41 Å². The molecule has 0 heterocycles. The van der Waals surface area contributed by atoms with E-state index in [2.05, 4.69) is 0 Å². The zero-order valence-electron chi connectivity index (χ0n) is 24.6. The molecule has 5 nitrogen and oxygen atoms in total. The summed E-state index contributed by atoms with van der Waals surface area (Å²) in [4.78, 5) is 48.4. The summed E-state index contributed by atoms with van der Waals surface area (Å²) in [5.74, 6) is -0.256. The molecular formula is C41H27NO4. The number of hydrogen-bond acceptors (Lipinski definition) is 5. The summed E-state index contributed by atoms with van der Waals surface area (Å²) in [5.41, 5.74) is 6.54. The molecule has 0 aromatic heterocycles. The van der Waals surface area contributed by atoms with Crippen LogP contribution in [-0.2, 0) is 0 Å². The van der Waals surface area contributed by atoms with Crippen molar-refractivity contribution in [1.82, 2.24) is 0 Å². The van der Waals surface area contributed by atoms with Crippen molar-refractivity contribution < 1.29 is 19.2 Å². The number of benzene rings is 6. The molecule has 6 aromatic rings. The monoisotopic (exact) mass is 597 g/mol. The second kappa shape index (κ2) is 13.1. The van der Waals surface area contributed by atoms with Gasteiger partial charge in [-0.05, 0) is 11.1 Å². The predicted octanol–water partition coefficient (Wildman–Crippen LogP) is 8.03. The van der Waals surface area contributed by atoms with Gasteiger partial charge in [0.25, 0.3) is 0 Å². The Morgan fingerprint density at radius 3 is 0.652 bits per heavy atom. The van der Waals surface area contributed by atoms with Crippen LogP contribution in [0.25, 0.3) is 0 Å². The first-order valence-electron chi connectivity index (χ1n) is 14.7. The highest BCUT2D eigenvalue weighted by Crippen LogP contribution is 2.27. The maximum absolute atomic E-state index is 12.1. The summed E-state index contributed by atoms with van der Waals surface area (Å²) in [6.07, 6.45) is 0. The van der Waals surface area contributed by atoms with Crippen LogP contribution in [0, 0.1) is 5.41 Å². The van der Waals surface area contributed by atoms with Gasteiger partial charge in [-0.25, -0.2) is 0 Å². The fourth-order valence-corrected chi connectivity index (χ4v) is 5.47. The number of ketones is 4. The summed E-state index contributed by atoms with van der Waals surface area (Å²) >= 11 is 0. The number of carbonyl (C=O) groups is 4. The molecule has 46 heavy (non-hydrogen) atoms. The van der Waals surface area contributed by atoms with Gasteiger partial charge in [0.05, 0.1) is 5.71 Å². The summed E-state index contributed by atoms with van der Waals surface area (Å²) in [6.45, 7) is 0. The Kier molecular flexibility index (Phi) is 8.48. The average molecular weight is 598 g/mol. The summed E-state index contributed by atoms with van der Waals surface area (Å²) in [5, 5.41) is 7.97. The molecule has 0 saturated carbocycles. The van der Waals surface area contributed by atoms with Gasteiger partial charge in [0.1, 0.15) is 0 Å². The highest BCUT2D eigenvalue weighted by atomic mass is 16.1. The first kappa shape index (κ1) is 29.7. The van der Waals surface area contributed by atoms with Crippen LogP contribution in [0.5, 0.6) is 0 Å². The van der Waals surface area contributed by atoms with Crippen molar-refractivity contribution in [2.45, 2.75) is 0 Å². The Hall–Kier alpha value is -6.33. The third-order valence-corrected chi connectivity index (χ3v) is 7.79. The molecule has 0 atom stereocenters. The van der Waals surface area contributed by atoms with E-state index in [9.17, 15) is 19.2 Å². The molecule has 1 N–H and O–H groups in total. The fraction of sp³-hybridized carbons (Fsp3) is 0. The Bertz CT molecular complexity index is 1770. The SMILES string of the molecule is N=C(c1ccccc1)c1ccccc1.O=C1c2ccccc2C(=O)c2ccccc21.O=C1c2ccccc2C(=O)c2ccccc21. The lowest BCUT2D eigenvalue weighted by Gasteiger charge is -2.16. The van der Waals surface area contributed by atoms with Gasteiger partial charge in [-0.2, -0.15) is 0 Å². The number of carbonyl (C=O) groups excluding carboxylic acids is 4. The van der Waals surface area contributed by atoms with Crippen LogP contribution >= 0.6 is 0 Å². The van der Waals surface area contributed by atoms with Crippen LogP contribution in [-0.4, -0.2) is 28.8 Å². The van der Waals surface area contributed by atoms with Crippen molar-refractivity contribution in [2.24, 2.45) is 0 Å². The summed E-state index contributed by atoms with van der Waals surface area (Å²) < 4.78 is 0. The van der Waals surface area contributed by atoms with Crippen LogP contribution in [0.1, 0.15) is 74.8 Å². The molecular weight excluding hydrogens is 570 g/mol. The molecule has 6 aromatic carbocycles. The quantitative estimate of drug-likeness (QED) is 0.204. The third-order valence-electron chi connectivity index (χ3n) is 7.79. The lowest BCUT2D eigenvalue weighted by molar-refractivity contribution is 0.0979. The van der Waals surface area contributed by atoms with Gasteiger partial charge >= 0.3 is 0 Å². The maximum Gasteiger partial charge on any atom is 0.194 e. The number of rotatable bonds is 2. The van der Waals surface area contributed by atoms with Crippen molar-refractivity contribution in [3.63, 3.8) is 0 Å². The summed E-state index contributed by atoms with van der Waals surface area (Å²) in [7, 11) is 0. The van der Waals surface area contributed by atoms with Crippen LogP contribution in [0.15, 0.2) is 158 Å². The van der Waals surface area contributed by atoms with E-state index >= 15 is 0 Å². The molecule has 2 aliphatic carbocycles. The standard InChI is InChI=1S/2C14H8O2.C13H11N/c2*15-13-9-5-1-2-6-10(9)14(16)12-8-4-3-7-11(12)13;14-13(11-7-3-1-4-8-11)12-9-5-2-6-10-12/h2*1-8H;1-10,14H. The van der Waals surface area contributed by atoms with E-state index < -0.39 is 0 Å². The van der Waals surface area contributed by atoms with Gasteiger partial charge in [0.15, 0.2) is 23.1 Å². The molecule has 0 aliphatic heterocycles. The van der Waals surface area contributed by atoms with Crippen LogP contribution in [0.4, 0.5) is 0 Å².